The standard InChI is InChI=1S/C16H22N4O2S/c1-3-5-12-23(21,22)20-16-11-10-15(18-19-16)17-14-9-7-6-8-13(14)4-2/h6-11H,3-5,12H2,1-2H3,(H,17,18)(H,19,20). The first-order chi connectivity index (χ1) is 11.0. The van der Waals surface area contributed by atoms with Gasteiger partial charge in [0.2, 0.25) is 10.0 Å². The van der Waals surface area contributed by atoms with Gasteiger partial charge in [0, 0.05) is 5.69 Å². The Bertz CT molecular complexity index is 730. The van der Waals surface area contributed by atoms with Crippen molar-refractivity contribution in [2.24, 2.45) is 0 Å². The van der Waals surface area contributed by atoms with Gasteiger partial charge in [-0.25, -0.2) is 8.42 Å². The van der Waals surface area contributed by atoms with Crippen LogP contribution in [0.4, 0.5) is 17.3 Å². The second kappa shape index (κ2) is 7.92. The minimum atomic E-state index is -3.35. The molecule has 2 N–H and O–H groups in total. The molecule has 0 fully saturated rings. The fourth-order valence-corrected chi connectivity index (χ4v) is 3.28. The minimum Gasteiger partial charge on any atom is -0.339 e. The molecular weight excluding hydrogens is 312 g/mol. The van der Waals surface area contributed by atoms with E-state index in [0.29, 0.717) is 12.2 Å². The number of nitrogens with zero attached hydrogens (tertiary/aromatic N) is 2. The van der Waals surface area contributed by atoms with Crippen molar-refractivity contribution >= 4 is 27.3 Å². The predicted octanol–water partition coefficient (Wildman–Crippen LogP) is 3.32. The first-order valence-electron chi connectivity index (χ1n) is 7.73. The first-order valence-corrected chi connectivity index (χ1v) is 9.38. The maximum atomic E-state index is 11.8. The van der Waals surface area contributed by atoms with Gasteiger partial charge in [-0.15, -0.1) is 10.2 Å². The number of anilines is 3. The summed E-state index contributed by atoms with van der Waals surface area (Å²) in [6.07, 6.45) is 2.36. The number of aromatic nitrogens is 2. The van der Waals surface area contributed by atoms with Crippen LogP contribution in [0.15, 0.2) is 36.4 Å². The van der Waals surface area contributed by atoms with Gasteiger partial charge >= 0.3 is 0 Å². The van der Waals surface area contributed by atoms with Gasteiger partial charge in [0.25, 0.3) is 0 Å². The number of nitrogens with one attached hydrogen (secondary N) is 2. The number of hydrogen-bond acceptors (Lipinski definition) is 5. The van der Waals surface area contributed by atoms with E-state index >= 15 is 0 Å². The molecule has 0 saturated heterocycles. The van der Waals surface area contributed by atoms with Gasteiger partial charge < -0.3 is 5.32 Å². The topological polar surface area (TPSA) is 84.0 Å². The van der Waals surface area contributed by atoms with Crippen LogP contribution in [-0.2, 0) is 16.4 Å². The fraction of sp³-hybridized carbons (Fsp3) is 0.375. The Morgan fingerprint density at radius 1 is 1.00 bits per heavy atom. The molecule has 2 aromatic rings. The maximum Gasteiger partial charge on any atom is 0.233 e. The van der Waals surface area contributed by atoms with Gasteiger partial charge in [0.1, 0.15) is 0 Å². The molecule has 0 unspecified atom stereocenters. The van der Waals surface area contributed by atoms with Crippen molar-refractivity contribution < 1.29 is 8.42 Å². The Hall–Kier alpha value is -2.15. The van der Waals surface area contributed by atoms with E-state index in [2.05, 4.69) is 27.2 Å². The molecule has 7 heteroatoms. The average molecular weight is 334 g/mol. The molecule has 0 spiro atoms. The number of hydrogen-bond donors (Lipinski definition) is 2. The third-order valence-corrected chi connectivity index (χ3v) is 4.70. The minimum absolute atomic E-state index is 0.0923. The lowest BCUT2D eigenvalue weighted by Gasteiger charge is -2.10. The third kappa shape index (κ3) is 5.21. The van der Waals surface area contributed by atoms with Gasteiger partial charge in [-0.1, -0.05) is 38.5 Å². The van der Waals surface area contributed by atoms with E-state index in [4.69, 9.17) is 0 Å². The normalized spacial score (nSPS) is 11.2. The summed E-state index contributed by atoms with van der Waals surface area (Å²) in [7, 11) is -3.35. The molecule has 0 saturated carbocycles. The lowest BCUT2D eigenvalue weighted by molar-refractivity contribution is 0.597. The molecule has 0 bridgehead atoms. The van der Waals surface area contributed by atoms with Crippen molar-refractivity contribution in [3.05, 3.63) is 42.0 Å². The summed E-state index contributed by atoms with van der Waals surface area (Å²) in [5.41, 5.74) is 2.15. The number of benzene rings is 1. The number of sulfonamides is 1. The van der Waals surface area contributed by atoms with Crippen molar-refractivity contribution in [2.75, 3.05) is 15.8 Å². The Balaban J connectivity index is 2.05. The Morgan fingerprint density at radius 3 is 2.35 bits per heavy atom. The molecule has 0 radical (unpaired) electrons. The average Bonchev–Trinajstić information content (AvgIpc) is 2.55. The first kappa shape index (κ1) is 17.2. The summed E-state index contributed by atoms with van der Waals surface area (Å²) >= 11 is 0. The van der Waals surface area contributed by atoms with E-state index in [1.54, 1.807) is 12.1 Å². The van der Waals surface area contributed by atoms with E-state index in [-0.39, 0.29) is 11.6 Å². The molecule has 124 valence electrons. The highest BCUT2D eigenvalue weighted by molar-refractivity contribution is 7.92. The zero-order valence-electron chi connectivity index (χ0n) is 13.4. The predicted molar refractivity (Wildman–Crippen MR) is 93.5 cm³/mol. The molecule has 1 heterocycles. The maximum absolute atomic E-state index is 11.8. The van der Waals surface area contributed by atoms with Crippen molar-refractivity contribution in [3.63, 3.8) is 0 Å². The van der Waals surface area contributed by atoms with E-state index < -0.39 is 10.0 Å². The lowest BCUT2D eigenvalue weighted by Crippen LogP contribution is -2.17. The lowest BCUT2D eigenvalue weighted by atomic mass is 10.1. The van der Waals surface area contributed by atoms with Crippen LogP contribution in [0.2, 0.25) is 0 Å². The largest absolute Gasteiger partial charge is 0.339 e. The molecule has 0 aliphatic rings. The van der Waals surface area contributed by atoms with Gasteiger partial charge in [-0.2, -0.15) is 0 Å². The van der Waals surface area contributed by atoms with E-state index in [9.17, 15) is 8.42 Å². The molecule has 2 rings (SSSR count). The summed E-state index contributed by atoms with van der Waals surface area (Å²) in [6.45, 7) is 4.03. The smallest absolute Gasteiger partial charge is 0.233 e. The molecular formula is C16H22N4O2S. The monoisotopic (exact) mass is 334 g/mol. The van der Waals surface area contributed by atoms with Crippen LogP contribution in [-0.4, -0.2) is 24.4 Å². The number of para-hydroxylation sites is 1. The van der Waals surface area contributed by atoms with Crippen LogP contribution in [0.25, 0.3) is 0 Å². The summed E-state index contributed by atoms with van der Waals surface area (Å²) in [4.78, 5) is 0. The van der Waals surface area contributed by atoms with E-state index in [0.717, 1.165) is 18.5 Å². The van der Waals surface area contributed by atoms with Gasteiger partial charge in [0.15, 0.2) is 11.6 Å². The summed E-state index contributed by atoms with van der Waals surface area (Å²) in [6, 6.07) is 11.3. The van der Waals surface area contributed by atoms with Crippen LogP contribution in [0.3, 0.4) is 0 Å². The Labute approximate surface area is 137 Å². The van der Waals surface area contributed by atoms with Crippen LogP contribution < -0.4 is 10.0 Å². The fourth-order valence-electron chi connectivity index (χ4n) is 2.09. The summed E-state index contributed by atoms with van der Waals surface area (Å²) in [5, 5.41) is 11.1. The van der Waals surface area contributed by atoms with Crippen molar-refractivity contribution in [1.29, 1.82) is 0 Å². The summed E-state index contributed by atoms with van der Waals surface area (Å²) in [5.74, 6) is 0.896. The van der Waals surface area contributed by atoms with Gasteiger partial charge in [-0.3, -0.25) is 4.72 Å². The van der Waals surface area contributed by atoms with Crippen molar-refractivity contribution in [1.82, 2.24) is 10.2 Å². The molecule has 6 nitrogen and oxygen atoms in total. The molecule has 0 aliphatic carbocycles. The molecule has 1 aromatic heterocycles. The highest BCUT2D eigenvalue weighted by Gasteiger charge is 2.11. The molecule has 23 heavy (non-hydrogen) atoms. The number of unbranched alkanes of at least 4 members (excludes halogenated alkanes) is 1. The van der Waals surface area contributed by atoms with E-state index in [1.807, 2.05) is 31.2 Å². The van der Waals surface area contributed by atoms with Gasteiger partial charge in [-0.05, 0) is 36.6 Å². The van der Waals surface area contributed by atoms with Crippen molar-refractivity contribution in [2.45, 2.75) is 33.1 Å². The zero-order chi connectivity index (χ0) is 16.7. The highest BCUT2D eigenvalue weighted by Crippen LogP contribution is 2.20. The summed E-state index contributed by atoms with van der Waals surface area (Å²) < 4.78 is 26.1. The van der Waals surface area contributed by atoms with E-state index in [1.165, 1.54) is 5.56 Å². The van der Waals surface area contributed by atoms with Crippen LogP contribution in [0, 0.1) is 0 Å². The Kier molecular flexibility index (Phi) is 5.92. The second-order valence-electron chi connectivity index (χ2n) is 5.21. The molecule has 1 aromatic carbocycles. The second-order valence-corrected chi connectivity index (χ2v) is 7.06. The molecule has 0 aliphatic heterocycles. The third-order valence-electron chi connectivity index (χ3n) is 3.35. The zero-order valence-corrected chi connectivity index (χ0v) is 14.2. The highest BCUT2D eigenvalue weighted by atomic mass is 32.2. The van der Waals surface area contributed by atoms with Crippen LogP contribution in [0.5, 0.6) is 0 Å². The SMILES string of the molecule is CCCCS(=O)(=O)Nc1ccc(Nc2ccccc2CC)nn1. The molecule has 0 atom stereocenters. The van der Waals surface area contributed by atoms with Crippen molar-refractivity contribution in [3.8, 4) is 0 Å². The molecule has 0 amide bonds. The Morgan fingerprint density at radius 2 is 1.70 bits per heavy atom. The van der Waals surface area contributed by atoms with Crippen LogP contribution in [0.1, 0.15) is 32.3 Å². The quantitative estimate of drug-likeness (QED) is 0.773. The number of rotatable bonds is 8. The van der Waals surface area contributed by atoms with Gasteiger partial charge in [0.05, 0.1) is 5.75 Å². The van der Waals surface area contributed by atoms with Crippen LogP contribution >= 0.6 is 0 Å². The number of aryl methyl sites for hydroxylation is 1.